The van der Waals surface area contributed by atoms with Crippen molar-refractivity contribution in [3.8, 4) is 5.75 Å². The molecule has 0 amide bonds. The molecule has 6 nitrogen and oxygen atoms in total. The second kappa shape index (κ2) is 7.19. The Kier molecular flexibility index (Phi) is 4.97. The Balaban J connectivity index is 1.78. The Hall–Kier alpha value is -2.84. The Morgan fingerprint density at radius 2 is 1.15 bits per heavy atom. The minimum absolute atomic E-state index is 0.0796. The minimum Gasteiger partial charge on any atom is -0.379 e. The van der Waals surface area contributed by atoms with Crippen molar-refractivity contribution in [2.24, 2.45) is 0 Å². The highest BCUT2D eigenvalue weighted by Gasteiger charge is 2.18. The zero-order valence-corrected chi connectivity index (χ0v) is 15.1. The lowest BCUT2D eigenvalue weighted by Crippen LogP contribution is -2.13. The molecule has 0 aliphatic heterocycles. The van der Waals surface area contributed by atoms with Crippen molar-refractivity contribution < 1.29 is 21.0 Å². The fourth-order valence-electron chi connectivity index (χ4n) is 2.15. The molecule has 8 heteroatoms. The summed E-state index contributed by atoms with van der Waals surface area (Å²) in [4.78, 5) is 0.0353. The molecule has 0 heterocycles. The van der Waals surface area contributed by atoms with E-state index in [1.54, 1.807) is 36.4 Å². The van der Waals surface area contributed by atoms with Gasteiger partial charge in [0.1, 0.15) is 10.6 Å². The van der Waals surface area contributed by atoms with Gasteiger partial charge in [-0.1, -0.05) is 36.4 Å². The van der Waals surface area contributed by atoms with Gasteiger partial charge >= 0.3 is 10.1 Å². The number of nitrogens with one attached hydrogen (secondary N) is 1. The fraction of sp³-hybridized carbons (Fsp3) is 0. The molecule has 0 saturated heterocycles. The number of sulfonamides is 1. The van der Waals surface area contributed by atoms with Crippen molar-refractivity contribution in [1.29, 1.82) is 0 Å². The summed E-state index contributed by atoms with van der Waals surface area (Å²) in [7, 11) is -7.74. The number of hydrogen-bond donors (Lipinski definition) is 1. The predicted octanol–water partition coefficient (Wildman–Crippen LogP) is 3.26. The van der Waals surface area contributed by atoms with Gasteiger partial charge in [0.25, 0.3) is 10.0 Å². The highest BCUT2D eigenvalue weighted by atomic mass is 32.2. The van der Waals surface area contributed by atoms with Gasteiger partial charge in [-0.25, -0.2) is 8.42 Å². The van der Waals surface area contributed by atoms with Crippen molar-refractivity contribution in [2.75, 3.05) is 4.72 Å². The first-order valence-corrected chi connectivity index (χ1v) is 10.4. The summed E-state index contributed by atoms with van der Waals surface area (Å²) in [6.45, 7) is 0. The van der Waals surface area contributed by atoms with Gasteiger partial charge in [0.05, 0.1) is 4.90 Å². The van der Waals surface area contributed by atoms with E-state index in [9.17, 15) is 16.8 Å². The molecule has 0 saturated carbocycles. The summed E-state index contributed by atoms with van der Waals surface area (Å²) in [6, 6.07) is 21.3. The molecular weight excluding hydrogens is 374 g/mol. The molecule has 3 aromatic carbocycles. The fourth-order valence-corrected chi connectivity index (χ4v) is 4.16. The predicted molar refractivity (Wildman–Crippen MR) is 97.9 cm³/mol. The highest BCUT2D eigenvalue weighted by Crippen LogP contribution is 2.21. The topological polar surface area (TPSA) is 89.5 Å². The summed E-state index contributed by atoms with van der Waals surface area (Å²) in [5, 5.41) is 0. The second-order valence-electron chi connectivity index (χ2n) is 5.29. The summed E-state index contributed by atoms with van der Waals surface area (Å²) >= 11 is 0. The molecule has 0 aliphatic carbocycles. The molecule has 3 rings (SSSR count). The SMILES string of the molecule is O=S(=O)(Nc1ccc(S(=O)(=O)Oc2ccccc2)cc1)c1ccccc1. The maximum Gasteiger partial charge on any atom is 0.339 e. The first kappa shape index (κ1) is 18.0. The molecule has 134 valence electrons. The third kappa shape index (κ3) is 4.22. The van der Waals surface area contributed by atoms with E-state index >= 15 is 0 Å². The zero-order chi connectivity index (χ0) is 18.6. The van der Waals surface area contributed by atoms with Crippen LogP contribution in [0.1, 0.15) is 0 Å². The van der Waals surface area contributed by atoms with Crippen LogP contribution >= 0.6 is 0 Å². The highest BCUT2D eigenvalue weighted by molar-refractivity contribution is 7.92. The molecule has 0 unspecified atom stereocenters. The Labute approximate surface area is 152 Å². The molecule has 3 aromatic rings. The lowest BCUT2D eigenvalue weighted by Gasteiger charge is -2.10. The van der Waals surface area contributed by atoms with Crippen LogP contribution < -0.4 is 8.91 Å². The van der Waals surface area contributed by atoms with Crippen molar-refractivity contribution in [3.63, 3.8) is 0 Å². The van der Waals surface area contributed by atoms with Gasteiger partial charge in [-0.15, -0.1) is 0 Å². The van der Waals surface area contributed by atoms with Gasteiger partial charge in [-0.2, -0.15) is 8.42 Å². The van der Waals surface area contributed by atoms with Crippen molar-refractivity contribution in [3.05, 3.63) is 84.9 Å². The smallest absolute Gasteiger partial charge is 0.339 e. The Morgan fingerprint density at radius 1 is 0.615 bits per heavy atom. The van der Waals surface area contributed by atoms with Gasteiger partial charge in [0.2, 0.25) is 0 Å². The molecule has 0 spiro atoms. The van der Waals surface area contributed by atoms with Crippen LogP contribution in [0.3, 0.4) is 0 Å². The molecular formula is C18H15NO5S2. The molecule has 0 atom stereocenters. The van der Waals surface area contributed by atoms with Crippen LogP contribution in [-0.2, 0) is 20.1 Å². The molecule has 0 fully saturated rings. The van der Waals surface area contributed by atoms with Gasteiger partial charge in [-0.05, 0) is 48.5 Å². The normalized spacial score (nSPS) is 11.7. The van der Waals surface area contributed by atoms with Crippen LogP contribution in [-0.4, -0.2) is 16.8 Å². The van der Waals surface area contributed by atoms with E-state index in [-0.39, 0.29) is 21.2 Å². The van der Waals surface area contributed by atoms with Crippen molar-refractivity contribution in [2.45, 2.75) is 9.79 Å². The van der Waals surface area contributed by atoms with Crippen molar-refractivity contribution in [1.82, 2.24) is 0 Å². The van der Waals surface area contributed by atoms with Crippen LogP contribution in [0, 0.1) is 0 Å². The minimum atomic E-state index is -4.00. The van der Waals surface area contributed by atoms with Crippen LogP contribution in [0.2, 0.25) is 0 Å². The van der Waals surface area contributed by atoms with E-state index < -0.39 is 20.1 Å². The summed E-state index contributed by atoms with van der Waals surface area (Å²) in [6.07, 6.45) is 0. The molecule has 1 N–H and O–H groups in total. The number of anilines is 1. The first-order valence-electron chi connectivity index (χ1n) is 7.54. The molecule has 0 aliphatic rings. The summed E-state index contributed by atoms with van der Waals surface area (Å²) in [5.41, 5.74) is 0.243. The number of rotatable bonds is 6. The third-order valence-electron chi connectivity index (χ3n) is 3.40. The standard InChI is InChI=1S/C18H15NO5S2/c20-25(21,17-9-5-2-6-10-17)19-15-11-13-18(14-12-15)26(22,23)24-16-7-3-1-4-8-16/h1-14,19H. The van der Waals surface area contributed by atoms with Crippen LogP contribution in [0.15, 0.2) is 94.7 Å². The zero-order valence-electron chi connectivity index (χ0n) is 13.4. The summed E-state index contributed by atoms with van der Waals surface area (Å²) in [5.74, 6) is 0.196. The van der Waals surface area contributed by atoms with Crippen LogP contribution in [0.5, 0.6) is 5.75 Å². The Bertz CT molecular complexity index is 1080. The van der Waals surface area contributed by atoms with E-state index in [0.717, 1.165) is 0 Å². The van der Waals surface area contributed by atoms with E-state index in [1.807, 2.05) is 0 Å². The maximum absolute atomic E-state index is 12.3. The maximum atomic E-state index is 12.3. The molecule has 0 bridgehead atoms. The van der Waals surface area contributed by atoms with Gasteiger partial charge in [-0.3, -0.25) is 4.72 Å². The van der Waals surface area contributed by atoms with Gasteiger partial charge in [0.15, 0.2) is 0 Å². The van der Waals surface area contributed by atoms with Gasteiger partial charge in [0, 0.05) is 5.69 Å². The van der Waals surface area contributed by atoms with Crippen molar-refractivity contribution >= 4 is 25.8 Å². The third-order valence-corrected chi connectivity index (χ3v) is 6.06. The van der Waals surface area contributed by atoms with E-state index in [4.69, 9.17) is 4.18 Å². The van der Waals surface area contributed by atoms with Crippen LogP contribution in [0.25, 0.3) is 0 Å². The lowest BCUT2D eigenvalue weighted by molar-refractivity contribution is 0.486. The monoisotopic (exact) mass is 389 g/mol. The van der Waals surface area contributed by atoms with Gasteiger partial charge < -0.3 is 4.18 Å². The van der Waals surface area contributed by atoms with Crippen LogP contribution in [0.4, 0.5) is 5.69 Å². The largest absolute Gasteiger partial charge is 0.379 e. The number of benzene rings is 3. The number of para-hydroxylation sites is 1. The van der Waals surface area contributed by atoms with E-state index in [2.05, 4.69) is 4.72 Å². The molecule has 26 heavy (non-hydrogen) atoms. The van der Waals surface area contributed by atoms with E-state index in [1.165, 1.54) is 48.5 Å². The Morgan fingerprint density at radius 3 is 1.73 bits per heavy atom. The summed E-state index contributed by atoms with van der Waals surface area (Å²) < 4.78 is 56.5. The van der Waals surface area contributed by atoms with E-state index in [0.29, 0.717) is 0 Å². The molecule has 0 radical (unpaired) electrons. The average Bonchev–Trinajstić information content (AvgIpc) is 2.63. The quantitative estimate of drug-likeness (QED) is 0.654. The second-order valence-corrected chi connectivity index (χ2v) is 8.52. The average molecular weight is 389 g/mol. The number of hydrogen-bond acceptors (Lipinski definition) is 5. The molecule has 0 aromatic heterocycles. The first-order chi connectivity index (χ1) is 12.4. The lowest BCUT2D eigenvalue weighted by atomic mass is 10.3.